The van der Waals surface area contributed by atoms with Crippen LogP contribution in [0.2, 0.25) is 0 Å². The van der Waals surface area contributed by atoms with E-state index in [-0.39, 0.29) is 6.54 Å². The molecule has 1 N–H and O–H groups in total. The summed E-state index contributed by atoms with van der Waals surface area (Å²) in [6, 6.07) is 5.55. The van der Waals surface area contributed by atoms with Gasteiger partial charge in [-0.05, 0) is 18.6 Å². The van der Waals surface area contributed by atoms with Crippen molar-refractivity contribution in [2.75, 3.05) is 37.6 Å². The Balaban J connectivity index is 2.02. The molecule has 19 heavy (non-hydrogen) atoms. The van der Waals surface area contributed by atoms with Crippen molar-refractivity contribution in [3.8, 4) is 6.07 Å². The highest BCUT2D eigenvalue weighted by molar-refractivity contribution is 5.69. The van der Waals surface area contributed by atoms with Crippen molar-refractivity contribution in [1.29, 1.82) is 5.26 Å². The lowest BCUT2D eigenvalue weighted by molar-refractivity contribution is -0.138. The average molecular weight is 260 g/mol. The molecule has 0 aromatic carbocycles. The summed E-state index contributed by atoms with van der Waals surface area (Å²) in [5.41, 5.74) is 0.594. The molecule has 2 heterocycles. The molecular formula is C13H16N4O2. The third kappa shape index (κ3) is 3.66. The minimum Gasteiger partial charge on any atom is -0.480 e. The molecule has 0 unspecified atom stereocenters. The number of aromatic nitrogens is 1. The number of hydrogen-bond donors (Lipinski definition) is 1. The van der Waals surface area contributed by atoms with Crippen molar-refractivity contribution >= 4 is 11.8 Å². The van der Waals surface area contributed by atoms with E-state index in [1.54, 1.807) is 18.3 Å². The number of nitrogens with zero attached hydrogens (tertiary/aromatic N) is 4. The zero-order chi connectivity index (χ0) is 13.7. The second kappa shape index (κ2) is 6.16. The van der Waals surface area contributed by atoms with E-state index >= 15 is 0 Å². The van der Waals surface area contributed by atoms with E-state index in [2.05, 4.69) is 16.0 Å². The van der Waals surface area contributed by atoms with Gasteiger partial charge in [0.1, 0.15) is 5.82 Å². The monoisotopic (exact) mass is 260 g/mol. The smallest absolute Gasteiger partial charge is 0.317 e. The Hall–Kier alpha value is -2.13. The third-order valence-electron chi connectivity index (χ3n) is 3.15. The van der Waals surface area contributed by atoms with Crippen molar-refractivity contribution in [1.82, 2.24) is 9.88 Å². The van der Waals surface area contributed by atoms with E-state index in [9.17, 15) is 4.79 Å². The third-order valence-corrected chi connectivity index (χ3v) is 3.15. The lowest BCUT2D eigenvalue weighted by atomic mass is 10.2. The molecule has 1 fully saturated rings. The Morgan fingerprint density at radius 2 is 2.26 bits per heavy atom. The van der Waals surface area contributed by atoms with Crippen LogP contribution in [-0.4, -0.2) is 53.7 Å². The first-order valence-corrected chi connectivity index (χ1v) is 6.24. The van der Waals surface area contributed by atoms with Crippen LogP contribution in [0.25, 0.3) is 0 Å². The molecule has 2 rings (SSSR count). The molecule has 0 saturated carbocycles. The SMILES string of the molecule is N#Cc1ccnc(N2CCCN(CC(=O)O)CC2)c1. The highest BCUT2D eigenvalue weighted by Crippen LogP contribution is 2.14. The standard InChI is InChI=1S/C13H16N4O2/c14-9-11-2-3-15-12(8-11)17-5-1-4-16(6-7-17)10-13(18)19/h2-3,8H,1,4-7,10H2,(H,18,19). The highest BCUT2D eigenvalue weighted by atomic mass is 16.4. The Bertz CT molecular complexity index is 498. The molecule has 100 valence electrons. The number of pyridine rings is 1. The fraction of sp³-hybridized carbons (Fsp3) is 0.462. The summed E-state index contributed by atoms with van der Waals surface area (Å²) in [4.78, 5) is 19.0. The number of carboxylic acids is 1. The summed E-state index contributed by atoms with van der Waals surface area (Å²) in [6.45, 7) is 3.12. The fourth-order valence-electron chi connectivity index (χ4n) is 2.21. The van der Waals surface area contributed by atoms with E-state index in [4.69, 9.17) is 10.4 Å². The second-order valence-electron chi connectivity index (χ2n) is 4.53. The van der Waals surface area contributed by atoms with Crippen LogP contribution < -0.4 is 4.90 Å². The molecule has 0 spiro atoms. The normalized spacial score (nSPS) is 16.7. The molecule has 6 heteroatoms. The maximum absolute atomic E-state index is 10.7. The highest BCUT2D eigenvalue weighted by Gasteiger charge is 2.17. The number of carbonyl (C=O) groups is 1. The lowest BCUT2D eigenvalue weighted by Crippen LogP contribution is -2.34. The van der Waals surface area contributed by atoms with Gasteiger partial charge >= 0.3 is 5.97 Å². The molecule has 6 nitrogen and oxygen atoms in total. The molecule has 1 aromatic heterocycles. The van der Waals surface area contributed by atoms with Crippen LogP contribution in [0.4, 0.5) is 5.82 Å². The summed E-state index contributed by atoms with van der Waals surface area (Å²) in [7, 11) is 0. The summed E-state index contributed by atoms with van der Waals surface area (Å²) in [6.07, 6.45) is 2.53. The summed E-state index contributed by atoms with van der Waals surface area (Å²) in [5, 5.41) is 17.7. The van der Waals surface area contributed by atoms with Gasteiger partial charge in [-0.15, -0.1) is 0 Å². The van der Waals surface area contributed by atoms with Crippen LogP contribution in [0.3, 0.4) is 0 Å². The van der Waals surface area contributed by atoms with Crippen LogP contribution in [0.15, 0.2) is 18.3 Å². The van der Waals surface area contributed by atoms with Gasteiger partial charge in [0, 0.05) is 32.4 Å². The number of hydrogen-bond acceptors (Lipinski definition) is 5. The number of rotatable bonds is 3. The Labute approximate surface area is 111 Å². The van der Waals surface area contributed by atoms with E-state index in [1.165, 1.54) is 0 Å². The van der Waals surface area contributed by atoms with Crippen LogP contribution in [0.5, 0.6) is 0 Å². The average Bonchev–Trinajstić information content (AvgIpc) is 2.64. The van der Waals surface area contributed by atoms with Gasteiger partial charge in [-0.3, -0.25) is 9.69 Å². The van der Waals surface area contributed by atoms with Crippen LogP contribution in [0.1, 0.15) is 12.0 Å². The number of nitriles is 1. The number of carboxylic acid groups (broad SMARTS) is 1. The first-order valence-electron chi connectivity index (χ1n) is 6.24. The zero-order valence-corrected chi connectivity index (χ0v) is 10.6. The van der Waals surface area contributed by atoms with Crippen molar-refractivity contribution in [3.05, 3.63) is 23.9 Å². The fourth-order valence-corrected chi connectivity index (χ4v) is 2.21. The molecule has 1 saturated heterocycles. The molecule has 0 aliphatic carbocycles. The summed E-state index contributed by atoms with van der Waals surface area (Å²) in [5.74, 6) is -0.00530. The maximum atomic E-state index is 10.7. The molecule has 0 atom stereocenters. The molecular weight excluding hydrogens is 244 g/mol. The summed E-state index contributed by atoms with van der Waals surface area (Å²) < 4.78 is 0. The van der Waals surface area contributed by atoms with E-state index in [1.807, 2.05) is 4.90 Å². The Morgan fingerprint density at radius 3 is 3.00 bits per heavy atom. The van der Waals surface area contributed by atoms with Gasteiger partial charge in [0.15, 0.2) is 0 Å². The first-order chi connectivity index (χ1) is 9.19. The van der Waals surface area contributed by atoms with E-state index in [0.29, 0.717) is 12.1 Å². The molecule has 0 radical (unpaired) electrons. The maximum Gasteiger partial charge on any atom is 0.317 e. The predicted octanol–water partition coefficient (Wildman–Crippen LogP) is 0.550. The van der Waals surface area contributed by atoms with E-state index in [0.717, 1.165) is 31.9 Å². The van der Waals surface area contributed by atoms with Crippen molar-refractivity contribution in [2.24, 2.45) is 0 Å². The van der Waals surface area contributed by atoms with Gasteiger partial charge in [0.2, 0.25) is 0 Å². The molecule has 0 amide bonds. The van der Waals surface area contributed by atoms with Crippen molar-refractivity contribution in [3.63, 3.8) is 0 Å². The minimum atomic E-state index is -0.793. The van der Waals surface area contributed by atoms with Crippen molar-refractivity contribution < 1.29 is 9.90 Å². The molecule has 0 bridgehead atoms. The second-order valence-corrected chi connectivity index (χ2v) is 4.53. The van der Waals surface area contributed by atoms with Crippen LogP contribution >= 0.6 is 0 Å². The lowest BCUT2D eigenvalue weighted by Gasteiger charge is -2.22. The molecule has 1 aliphatic rings. The Kier molecular flexibility index (Phi) is 4.31. The van der Waals surface area contributed by atoms with Gasteiger partial charge in [0.25, 0.3) is 0 Å². The predicted molar refractivity (Wildman–Crippen MR) is 69.9 cm³/mol. The van der Waals surface area contributed by atoms with Gasteiger partial charge in [-0.25, -0.2) is 4.98 Å². The van der Waals surface area contributed by atoms with Crippen LogP contribution in [0, 0.1) is 11.3 Å². The zero-order valence-electron chi connectivity index (χ0n) is 10.6. The Morgan fingerprint density at radius 1 is 1.42 bits per heavy atom. The molecule has 1 aromatic rings. The van der Waals surface area contributed by atoms with Gasteiger partial charge in [-0.2, -0.15) is 5.26 Å². The first kappa shape index (κ1) is 13.3. The molecule has 1 aliphatic heterocycles. The largest absolute Gasteiger partial charge is 0.480 e. The minimum absolute atomic E-state index is 0.0828. The van der Waals surface area contributed by atoms with Crippen molar-refractivity contribution in [2.45, 2.75) is 6.42 Å². The quantitative estimate of drug-likeness (QED) is 0.854. The topological polar surface area (TPSA) is 80.5 Å². The van der Waals surface area contributed by atoms with Gasteiger partial charge in [-0.1, -0.05) is 0 Å². The number of aliphatic carboxylic acids is 1. The van der Waals surface area contributed by atoms with Gasteiger partial charge < -0.3 is 10.0 Å². The number of anilines is 1. The summed E-state index contributed by atoms with van der Waals surface area (Å²) >= 11 is 0. The van der Waals surface area contributed by atoms with Crippen LogP contribution in [-0.2, 0) is 4.79 Å². The van der Waals surface area contributed by atoms with E-state index < -0.39 is 5.97 Å². The van der Waals surface area contributed by atoms with Gasteiger partial charge in [0.05, 0.1) is 18.2 Å².